The van der Waals surface area contributed by atoms with E-state index in [1.165, 1.54) is 0 Å². The third-order valence-corrected chi connectivity index (χ3v) is 2.51. The summed E-state index contributed by atoms with van der Waals surface area (Å²) in [7, 11) is 5.75. The fourth-order valence-electron chi connectivity index (χ4n) is 1.86. The molecule has 3 heteroatoms. The van der Waals surface area contributed by atoms with Gasteiger partial charge in [-0.3, -0.25) is 4.79 Å². The number of carbonyl (C=O) groups is 1. The molecule has 0 aliphatic carbocycles. The van der Waals surface area contributed by atoms with Crippen LogP contribution in [0.25, 0.3) is 0 Å². The molecule has 0 aliphatic rings. The summed E-state index contributed by atoms with van der Waals surface area (Å²) in [6, 6.07) is 3.75. The zero-order valence-corrected chi connectivity index (χ0v) is 11.3. The molecule has 0 saturated heterocycles. The predicted octanol–water partition coefficient (Wildman–Crippen LogP) is 2.47. The van der Waals surface area contributed by atoms with Gasteiger partial charge >= 0.3 is 0 Å². The summed E-state index contributed by atoms with van der Waals surface area (Å²) in [5, 5.41) is 2.97. The summed E-state index contributed by atoms with van der Waals surface area (Å²) < 4.78 is 0. The summed E-state index contributed by atoms with van der Waals surface area (Å²) in [4.78, 5) is 11.9. The van der Waals surface area contributed by atoms with Crippen LogP contribution in [0.1, 0.15) is 38.3 Å². The van der Waals surface area contributed by atoms with Crippen LogP contribution in [-0.2, 0) is 4.79 Å². The van der Waals surface area contributed by atoms with Gasteiger partial charge in [-0.15, -0.1) is 0 Å². The van der Waals surface area contributed by atoms with Crippen LogP contribution in [0.15, 0.2) is 12.1 Å². The quantitative estimate of drug-likeness (QED) is 0.775. The lowest BCUT2D eigenvalue weighted by Gasteiger charge is -2.19. The van der Waals surface area contributed by atoms with E-state index in [1.807, 2.05) is 26.0 Å². The van der Waals surface area contributed by atoms with Crippen molar-refractivity contribution in [3.63, 3.8) is 0 Å². The molecule has 2 radical (unpaired) electrons. The highest BCUT2D eigenvalue weighted by atomic mass is 16.1. The maximum Gasteiger partial charge on any atom is 0.224 e. The van der Waals surface area contributed by atoms with Crippen molar-refractivity contribution in [2.45, 2.75) is 41.0 Å². The highest BCUT2D eigenvalue weighted by Gasteiger charge is 2.17. The van der Waals surface area contributed by atoms with Crippen LogP contribution in [0.5, 0.6) is 0 Å². The van der Waals surface area contributed by atoms with Gasteiger partial charge in [-0.2, -0.15) is 0 Å². The highest BCUT2D eigenvalue weighted by Crippen LogP contribution is 2.22. The molecule has 0 aromatic heterocycles. The van der Waals surface area contributed by atoms with E-state index >= 15 is 0 Å². The van der Waals surface area contributed by atoms with E-state index < -0.39 is 0 Å². The molecule has 1 aromatic rings. The van der Waals surface area contributed by atoms with Crippen LogP contribution in [0.3, 0.4) is 0 Å². The molecule has 0 spiro atoms. The van der Waals surface area contributed by atoms with Gasteiger partial charge in [-0.05, 0) is 30.4 Å². The summed E-state index contributed by atoms with van der Waals surface area (Å²) in [6.07, 6.45) is 0.510. The number of carbonyl (C=O) groups excluding carboxylic acids is 1. The molecule has 0 fully saturated rings. The molecular formula is C14H20BNO. The van der Waals surface area contributed by atoms with Crippen molar-refractivity contribution in [3.05, 3.63) is 23.3 Å². The molecule has 2 nitrogen and oxygen atoms in total. The number of amides is 1. The van der Waals surface area contributed by atoms with E-state index in [-0.39, 0.29) is 11.3 Å². The molecule has 90 valence electrons. The number of anilines is 1. The molecular weight excluding hydrogens is 209 g/mol. The van der Waals surface area contributed by atoms with Crippen molar-refractivity contribution >= 4 is 24.9 Å². The zero-order chi connectivity index (χ0) is 13.2. The molecule has 17 heavy (non-hydrogen) atoms. The molecule has 0 atom stereocenters. The van der Waals surface area contributed by atoms with Crippen LogP contribution in [-0.4, -0.2) is 13.8 Å². The third kappa shape index (κ3) is 4.25. The fourth-order valence-corrected chi connectivity index (χ4v) is 1.86. The van der Waals surface area contributed by atoms with Crippen molar-refractivity contribution in [2.24, 2.45) is 5.41 Å². The van der Waals surface area contributed by atoms with Gasteiger partial charge in [0.2, 0.25) is 5.91 Å². The van der Waals surface area contributed by atoms with Crippen molar-refractivity contribution in [1.82, 2.24) is 0 Å². The molecule has 1 amide bonds. The maximum atomic E-state index is 11.9. The van der Waals surface area contributed by atoms with Crippen molar-refractivity contribution < 1.29 is 4.79 Å². The Kier molecular flexibility index (Phi) is 4.02. The van der Waals surface area contributed by atoms with E-state index in [9.17, 15) is 4.79 Å². The smallest absolute Gasteiger partial charge is 0.224 e. The average molecular weight is 229 g/mol. The molecule has 0 saturated carbocycles. The summed E-state index contributed by atoms with van der Waals surface area (Å²) in [5.41, 5.74) is 3.62. The molecule has 1 rings (SSSR count). The van der Waals surface area contributed by atoms with Gasteiger partial charge in [-0.1, -0.05) is 38.4 Å². The lowest BCUT2D eigenvalue weighted by atomic mass is 9.90. The van der Waals surface area contributed by atoms with Crippen LogP contribution in [0, 0.1) is 19.3 Å². The number of aryl methyl sites for hydroxylation is 2. The van der Waals surface area contributed by atoms with Gasteiger partial charge in [0.15, 0.2) is 0 Å². The Balaban J connectivity index is 2.86. The second-order valence-corrected chi connectivity index (χ2v) is 5.82. The third-order valence-electron chi connectivity index (χ3n) is 2.51. The topological polar surface area (TPSA) is 29.1 Å². The number of hydrogen-bond donors (Lipinski definition) is 1. The van der Waals surface area contributed by atoms with E-state index in [2.05, 4.69) is 26.1 Å². The molecule has 0 unspecified atom stereocenters. The maximum absolute atomic E-state index is 11.9. The van der Waals surface area contributed by atoms with Crippen molar-refractivity contribution in [3.8, 4) is 0 Å². The standard InChI is InChI=1S/C14H20BNO/c1-9-6-11(15)7-10(2)13(9)16-12(17)8-14(3,4)5/h6-7H,8H2,1-5H3,(H,16,17). The van der Waals surface area contributed by atoms with Crippen LogP contribution >= 0.6 is 0 Å². The minimum atomic E-state index is -0.000297. The lowest BCUT2D eigenvalue weighted by molar-refractivity contribution is -0.117. The number of rotatable bonds is 2. The number of benzene rings is 1. The van der Waals surface area contributed by atoms with Gasteiger partial charge in [0.25, 0.3) is 0 Å². The van der Waals surface area contributed by atoms with Gasteiger partial charge in [0.1, 0.15) is 7.85 Å². The first-order valence-corrected chi connectivity index (χ1v) is 5.85. The minimum Gasteiger partial charge on any atom is -0.326 e. The monoisotopic (exact) mass is 229 g/mol. The first-order valence-electron chi connectivity index (χ1n) is 5.85. The Morgan fingerprint density at radius 2 is 1.71 bits per heavy atom. The zero-order valence-electron chi connectivity index (χ0n) is 11.3. The van der Waals surface area contributed by atoms with Crippen LogP contribution in [0.4, 0.5) is 5.69 Å². The highest BCUT2D eigenvalue weighted by molar-refractivity contribution is 6.32. The van der Waals surface area contributed by atoms with E-state index in [1.54, 1.807) is 0 Å². The first-order chi connectivity index (χ1) is 7.69. The van der Waals surface area contributed by atoms with E-state index in [0.717, 1.165) is 22.3 Å². The summed E-state index contributed by atoms with van der Waals surface area (Å²) >= 11 is 0. The Labute approximate surface area is 105 Å². The predicted molar refractivity (Wildman–Crippen MR) is 74.0 cm³/mol. The van der Waals surface area contributed by atoms with Crippen LogP contribution < -0.4 is 10.8 Å². The molecule has 1 aromatic carbocycles. The second kappa shape index (κ2) is 4.95. The normalized spacial score (nSPS) is 11.4. The molecule has 0 bridgehead atoms. The second-order valence-electron chi connectivity index (χ2n) is 5.82. The Hall–Kier alpha value is -1.25. The fraction of sp³-hybridized carbons (Fsp3) is 0.500. The van der Waals surface area contributed by atoms with Gasteiger partial charge in [0, 0.05) is 12.1 Å². The summed E-state index contributed by atoms with van der Waals surface area (Å²) in [6.45, 7) is 10.1. The van der Waals surface area contributed by atoms with Crippen molar-refractivity contribution in [2.75, 3.05) is 5.32 Å². The van der Waals surface area contributed by atoms with Gasteiger partial charge in [0.05, 0.1) is 0 Å². The van der Waals surface area contributed by atoms with E-state index in [0.29, 0.717) is 6.42 Å². The number of nitrogens with one attached hydrogen (secondary N) is 1. The lowest BCUT2D eigenvalue weighted by Crippen LogP contribution is -2.21. The average Bonchev–Trinajstić information content (AvgIpc) is 2.08. The SMILES string of the molecule is [B]c1cc(C)c(NC(=O)CC(C)(C)C)c(C)c1. The van der Waals surface area contributed by atoms with E-state index in [4.69, 9.17) is 7.85 Å². The Morgan fingerprint density at radius 3 is 2.12 bits per heavy atom. The number of hydrogen-bond acceptors (Lipinski definition) is 1. The molecule has 0 heterocycles. The van der Waals surface area contributed by atoms with Crippen molar-refractivity contribution in [1.29, 1.82) is 0 Å². The van der Waals surface area contributed by atoms with Gasteiger partial charge < -0.3 is 5.32 Å². The largest absolute Gasteiger partial charge is 0.326 e. The molecule has 1 N–H and O–H groups in total. The van der Waals surface area contributed by atoms with Gasteiger partial charge in [-0.25, -0.2) is 0 Å². The summed E-state index contributed by atoms with van der Waals surface area (Å²) in [5.74, 6) is 0.0495. The minimum absolute atomic E-state index is 0.000297. The Morgan fingerprint density at radius 1 is 1.24 bits per heavy atom. The molecule has 0 aliphatic heterocycles. The van der Waals surface area contributed by atoms with Crippen LogP contribution in [0.2, 0.25) is 0 Å². The first kappa shape index (κ1) is 13.8. The Bertz CT molecular complexity index is 409.